The molecule has 3 aromatic rings. The molecule has 0 aromatic heterocycles. The third-order valence-electron chi connectivity index (χ3n) is 5.74. The van der Waals surface area contributed by atoms with Crippen LogP contribution < -0.4 is 25.7 Å². The Kier molecular flexibility index (Phi) is 4.87. The molecular formula is C25H18N2O6S. The molecule has 0 amide bonds. The fraction of sp³-hybridized carbons (Fsp3) is 0.0800. The Bertz CT molecular complexity index is 1940. The van der Waals surface area contributed by atoms with Crippen molar-refractivity contribution in [2.24, 2.45) is 0 Å². The topological polar surface area (TPSA) is 123 Å². The number of hydrogen-bond acceptors (Lipinski definition) is 7. The molecule has 0 spiro atoms. The van der Waals surface area contributed by atoms with Crippen LogP contribution in [0.25, 0.3) is 27.4 Å². The predicted molar refractivity (Wildman–Crippen MR) is 129 cm³/mol. The van der Waals surface area contributed by atoms with E-state index in [0.29, 0.717) is 10.6 Å². The molecule has 0 fully saturated rings. The van der Waals surface area contributed by atoms with Crippen LogP contribution in [0.4, 0.5) is 5.69 Å². The van der Waals surface area contributed by atoms with Gasteiger partial charge >= 0.3 is 0 Å². The van der Waals surface area contributed by atoms with Gasteiger partial charge in [-0.3, -0.25) is 14.3 Å². The molecule has 0 radical (unpaired) electrons. The Morgan fingerprint density at radius 3 is 2.26 bits per heavy atom. The SMILES string of the molecule is COc1cc(NS(=O)(=O)c2ccccc2)c2c3c1nc(=O)c(=C(C)O)c=3c1ccccc1c2=O. The van der Waals surface area contributed by atoms with Gasteiger partial charge in [-0.15, -0.1) is 0 Å². The molecule has 0 saturated carbocycles. The number of sulfonamides is 1. The first-order chi connectivity index (χ1) is 16.2. The lowest BCUT2D eigenvalue weighted by atomic mass is 9.97. The fourth-order valence-electron chi connectivity index (χ4n) is 4.31. The van der Waals surface area contributed by atoms with Crippen LogP contribution in [0.5, 0.6) is 5.75 Å². The van der Waals surface area contributed by atoms with Crippen LogP contribution in [0.3, 0.4) is 0 Å². The van der Waals surface area contributed by atoms with Gasteiger partial charge in [0.25, 0.3) is 15.6 Å². The highest BCUT2D eigenvalue weighted by atomic mass is 32.2. The summed E-state index contributed by atoms with van der Waals surface area (Å²) < 4.78 is 34.2. The summed E-state index contributed by atoms with van der Waals surface area (Å²) in [6, 6.07) is 15.7. The van der Waals surface area contributed by atoms with E-state index in [4.69, 9.17) is 4.74 Å². The van der Waals surface area contributed by atoms with Gasteiger partial charge < -0.3 is 9.84 Å². The molecule has 0 atom stereocenters. The van der Waals surface area contributed by atoms with Crippen LogP contribution in [0.15, 0.2) is 75.1 Å². The summed E-state index contributed by atoms with van der Waals surface area (Å²) in [5, 5.41) is 11.6. The van der Waals surface area contributed by atoms with E-state index < -0.39 is 21.0 Å². The van der Waals surface area contributed by atoms with Crippen LogP contribution in [0, 0.1) is 10.4 Å². The van der Waals surface area contributed by atoms with Crippen molar-refractivity contribution in [1.82, 2.24) is 4.98 Å². The third-order valence-corrected chi connectivity index (χ3v) is 7.12. The zero-order chi connectivity index (χ0) is 24.2. The van der Waals surface area contributed by atoms with E-state index in [2.05, 4.69) is 9.71 Å². The zero-order valence-electron chi connectivity index (χ0n) is 18.1. The highest BCUT2D eigenvalue weighted by Gasteiger charge is 2.23. The van der Waals surface area contributed by atoms with E-state index >= 15 is 0 Å². The molecule has 2 N–H and O–H groups in total. The Morgan fingerprint density at radius 1 is 0.971 bits per heavy atom. The number of aromatic nitrogens is 1. The molecular weight excluding hydrogens is 456 g/mol. The Morgan fingerprint density at radius 2 is 1.62 bits per heavy atom. The summed E-state index contributed by atoms with van der Waals surface area (Å²) in [6.07, 6.45) is 0. The van der Waals surface area contributed by atoms with Gasteiger partial charge in [-0.05, 0) is 24.4 Å². The van der Waals surface area contributed by atoms with Gasteiger partial charge in [0, 0.05) is 21.9 Å². The first-order valence-corrected chi connectivity index (χ1v) is 11.7. The number of nitrogens with one attached hydrogen (secondary N) is 1. The molecule has 1 aliphatic heterocycles. The summed E-state index contributed by atoms with van der Waals surface area (Å²) in [7, 11) is -2.70. The third kappa shape index (κ3) is 3.12. The minimum absolute atomic E-state index is 0.0124. The second kappa shape index (κ2) is 7.67. The number of methoxy groups -OCH3 is 1. The Hall–Kier alpha value is -4.24. The maximum absolute atomic E-state index is 13.7. The molecule has 2 aliphatic rings. The van der Waals surface area contributed by atoms with Crippen molar-refractivity contribution in [3.8, 4) is 5.75 Å². The second-order valence-electron chi connectivity index (χ2n) is 7.77. The molecule has 34 heavy (non-hydrogen) atoms. The smallest absolute Gasteiger partial charge is 0.281 e. The Balaban J connectivity index is 2.08. The molecule has 170 valence electrons. The van der Waals surface area contributed by atoms with Gasteiger partial charge in [-0.25, -0.2) is 13.4 Å². The maximum atomic E-state index is 13.7. The summed E-state index contributed by atoms with van der Waals surface area (Å²) in [5.74, 6) is -0.157. The van der Waals surface area contributed by atoms with Gasteiger partial charge in [0.2, 0.25) is 0 Å². The molecule has 0 unspecified atom stereocenters. The lowest BCUT2D eigenvalue weighted by Crippen LogP contribution is -2.32. The maximum Gasteiger partial charge on any atom is 0.281 e. The van der Waals surface area contributed by atoms with Gasteiger partial charge in [-0.2, -0.15) is 0 Å². The highest BCUT2D eigenvalue weighted by Crippen LogP contribution is 2.32. The van der Waals surface area contributed by atoms with Crippen molar-refractivity contribution >= 4 is 43.1 Å². The second-order valence-corrected chi connectivity index (χ2v) is 9.45. The molecule has 9 heteroatoms. The normalized spacial score (nSPS) is 12.9. The molecule has 0 saturated heterocycles. The summed E-state index contributed by atoms with van der Waals surface area (Å²) >= 11 is 0. The standard InChI is InChI=1S/C25H18N2O6S/c1-13(28)19-20-15-10-6-7-11-16(15)24(29)21-17(27-34(31,32)14-8-4-3-5-9-14)12-18(33-2)23(22(20)21)26-25(19)30/h3-12,27-28H,1-2H3. The lowest BCUT2D eigenvalue weighted by Gasteiger charge is -2.15. The van der Waals surface area contributed by atoms with Crippen LogP contribution in [0.2, 0.25) is 0 Å². The van der Waals surface area contributed by atoms with Crippen LogP contribution in [0.1, 0.15) is 6.92 Å². The zero-order valence-corrected chi connectivity index (χ0v) is 18.9. The van der Waals surface area contributed by atoms with Crippen LogP contribution in [-0.2, 0) is 10.0 Å². The Labute approximate surface area is 192 Å². The van der Waals surface area contributed by atoms with E-state index in [-0.39, 0.29) is 48.8 Å². The van der Waals surface area contributed by atoms with Crippen LogP contribution >= 0.6 is 0 Å². The quantitative estimate of drug-likeness (QED) is 0.410. The van der Waals surface area contributed by atoms with E-state index in [9.17, 15) is 23.1 Å². The van der Waals surface area contributed by atoms with E-state index in [1.54, 1.807) is 42.5 Å². The monoisotopic (exact) mass is 474 g/mol. The van der Waals surface area contributed by atoms with Crippen molar-refractivity contribution in [3.63, 3.8) is 0 Å². The van der Waals surface area contributed by atoms with E-state index in [0.717, 1.165) is 0 Å². The summed E-state index contributed by atoms with van der Waals surface area (Å²) in [5.41, 5.74) is -1.04. The van der Waals surface area contributed by atoms with Crippen molar-refractivity contribution in [2.75, 3.05) is 11.8 Å². The molecule has 1 aliphatic carbocycles. The average Bonchev–Trinajstić information content (AvgIpc) is 2.82. The molecule has 5 rings (SSSR count). The lowest BCUT2D eigenvalue weighted by molar-refractivity contribution is 0.418. The summed E-state index contributed by atoms with van der Waals surface area (Å²) in [6.45, 7) is 1.36. The number of anilines is 1. The molecule has 8 nitrogen and oxygen atoms in total. The molecule has 3 aromatic carbocycles. The molecule has 1 heterocycles. The van der Waals surface area contributed by atoms with Gasteiger partial charge in [-0.1, -0.05) is 42.5 Å². The van der Waals surface area contributed by atoms with Crippen molar-refractivity contribution < 1.29 is 18.3 Å². The van der Waals surface area contributed by atoms with E-state index in [1.807, 2.05) is 0 Å². The number of ether oxygens (including phenoxy) is 1. The summed E-state index contributed by atoms with van der Waals surface area (Å²) in [4.78, 5) is 30.7. The number of fused-ring (bicyclic) bond motifs is 2. The minimum Gasteiger partial charge on any atom is -0.512 e. The predicted octanol–water partition coefficient (Wildman–Crippen LogP) is 2.49. The van der Waals surface area contributed by atoms with Gasteiger partial charge in [0.15, 0.2) is 5.43 Å². The van der Waals surface area contributed by atoms with E-state index in [1.165, 1.54) is 32.2 Å². The number of aliphatic hydroxyl groups is 1. The fourth-order valence-corrected chi connectivity index (χ4v) is 5.39. The number of nitrogens with zero attached hydrogens (tertiary/aromatic N) is 1. The minimum atomic E-state index is -4.06. The highest BCUT2D eigenvalue weighted by molar-refractivity contribution is 7.92. The number of benzene rings is 3. The van der Waals surface area contributed by atoms with Crippen molar-refractivity contribution in [1.29, 1.82) is 0 Å². The first kappa shape index (κ1) is 21.6. The number of aliphatic hydroxyl groups excluding tert-OH is 1. The largest absolute Gasteiger partial charge is 0.512 e. The number of hydrogen-bond donors (Lipinski definition) is 2. The molecule has 0 bridgehead atoms. The number of rotatable bonds is 4. The average molecular weight is 474 g/mol. The van der Waals surface area contributed by atoms with Crippen molar-refractivity contribution in [2.45, 2.75) is 11.8 Å². The van der Waals surface area contributed by atoms with Crippen molar-refractivity contribution in [3.05, 3.63) is 96.9 Å². The first-order valence-electron chi connectivity index (χ1n) is 10.2. The van der Waals surface area contributed by atoms with Crippen LogP contribution in [-0.4, -0.2) is 25.6 Å². The van der Waals surface area contributed by atoms with Gasteiger partial charge in [0.1, 0.15) is 17.0 Å². The van der Waals surface area contributed by atoms with Gasteiger partial charge in [0.05, 0.1) is 28.3 Å².